The zero-order valence-corrected chi connectivity index (χ0v) is 20.0. The van der Waals surface area contributed by atoms with Crippen molar-refractivity contribution in [3.05, 3.63) is 45.8 Å². The molecule has 0 aromatic heterocycles. The molecule has 1 fully saturated rings. The average molecular weight is 505 g/mol. The van der Waals surface area contributed by atoms with Crippen LogP contribution in [-0.4, -0.2) is 48.5 Å². The zero-order valence-electron chi connectivity index (χ0n) is 18.4. The number of anilines is 1. The van der Waals surface area contributed by atoms with E-state index in [0.29, 0.717) is 52.5 Å². The molecule has 2 heterocycles. The summed E-state index contributed by atoms with van der Waals surface area (Å²) in [6, 6.07) is 8.22. The van der Waals surface area contributed by atoms with Gasteiger partial charge in [0, 0.05) is 11.8 Å². The van der Waals surface area contributed by atoms with Crippen LogP contribution in [0.15, 0.2) is 35.2 Å². The van der Waals surface area contributed by atoms with Gasteiger partial charge < -0.3 is 24.3 Å². The molecule has 0 radical (unpaired) electrons. The van der Waals surface area contributed by atoms with E-state index in [1.807, 2.05) is 13.8 Å². The minimum atomic E-state index is -0.571. The second kappa shape index (κ2) is 10.3. The van der Waals surface area contributed by atoms with Crippen molar-refractivity contribution in [2.24, 2.45) is 0 Å². The molecule has 0 saturated carbocycles. The number of benzene rings is 2. The van der Waals surface area contributed by atoms with Crippen LogP contribution in [-0.2, 0) is 9.59 Å². The number of carbonyl (C=O) groups is 3. The number of fused-ring (bicyclic) bond motifs is 1. The molecule has 9 nitrogen and oxygen atoms in total. The van der Waals surface area contributed by atoms with Gasteiger partial charge in [0.05, 0.1) is 23.1 Å². The molecular formula is C23H21ClN2O7S. The molecule has 0 bridgehead atoms. The summed E-state index contributed by atoms with van der Waals surface area (Å²) < 4.78 is 21.7. The molecule has 11 heteroatoms. The number of hydrogen-bond donors (Lipinski definition) is 1. The molecule has 3 amide bonds. The molecule has 4 rings (SSSR count). The summed E-state index contributed by atoms with van der Waals surface area (Å²) in [7, 11) is 0. The van der Waals surface area contributed by atoms with E-state index in [2.05, 4.69) is 5.32 Å². The van der Waals surface area contributed by atoms with Gasteiger partial charge in [-0.2, -0.15) is 0 Å². The van der Waals surface area contributed by atoms with Crippen LogP contribution in [0, 0.1) is 0 Å². The summed E-state index contributed by atoms with van der Waals surface area (Å²) in [4.78, 5) is 38.8. The van der Waals surface area contributed by atoms with Gasteiger partial charge in [-0.3, -0.25) is 19.3 Å². The minimum Gasteiger partial charge on any atom is -0.490 e. The molecule has 0 atom stereocenters. The predicted molar refractivity (Wildman–Crippen MR) is 128 cm³/mol. The van der Waals surface area contributed by atoms with E-state index in [4.69, 9.17) is 30.5 Å². The summed E-state index contributed by atoms with van der Waals surface area (Å²) in [6.07, 6.45) is 1.53. The maximum Gasteiger partial charge on any atom is 0.294 e. The fourth-order valence-electron chi connectivity index (χ4n) is 3.32. The average Bonchev–Trinajstić information content (AvgIpc) is 3.36. The first-order chi connectivity index (χ1) is 16.4. The summed E-state index contributed by atoms with van der Waals surface area (Å²) in [5, 5.41) is 2.43. The lowest BCUT2D eigenvalue weighted by Gasteiger charge is -2.14. The highest BCUT2D eigenvalue weighted by molar-refractivity contribution is 8.18. The third-order valence-electron chi connectivity index (χ3n) is 4.75. The number of nitrogens with zero attached hydrogens (tertiary/aromatic N) is 1. The zero-order chi connectivity index (χ0) is 24.2. The molecule has 1 saturated heterocycles. The van der Waals surface area contributed by atoms with E-state index in [1.54, 1.807) is 30.3 Å². The van der Waals surface area contributed by atoms with Gasteiger partial charge in [0.25, 0.3) is 11.1 Å². The lowest BCUT2D eigenvalue weighted by Crippen LogP contribution is -2.36. The topological polar surface area (TPSA) is 103 Å². The number of halogens is 1. The number of thioether (sulfide) groups is 1. The Labute approximate surface area is 204 Å². The number of ether oxygens (including phenoxy) is 4. The van der Waals surface area contributed by atoms with Crippen molar-refractivity contribution < 1.29 is 33.3 Å². The van der Waals surface area contributed by atoms with Crippen LogP contribution in [0.2, 0.25) is 5.02 Å². The molecule has 2 aliphatic heterocycles. The van der Waals surface area contributed by atoms with Crippen molar-refractivity contribution in [3.8, 4) is 23.0 Å². The summed E-state index contributed by atoms with van der Waals surface area (Å²) >= 11 is 7.08. The molecule has 2 aromatic rings. The number of hydrogen-bond acceptors (Lipinski definition) is 8. The van der Waals surface area contributed by atoms with Crippen LogP contribution >= 0.6 is 23.4 Å². The van der Waals surface area contributed by atoms with E-state index < -0.39 is 23.6 Å². The van der Waals surface area contributed by atoms with Crippen molar-refractivity contribution in [1.29, 1.82) is 0 Å². The fourth-order valence-corrected chi connectivity index (χ4v) is 4.44. The Balaban J connectivity index is 1.47. The molecule has 2 aliphatic rings. The summed E-state index contributed by atoms with van der Waals surface area (Å²) in [5.41, 5.74) is 1.02. The van der Waals surface area contributed by atoms with E-state index in [-0.39, 0.29) is 11.7 Å². The van der Waals surface area contributed by atoms with E-state index in [1.165, 1.54) is 6.08 Å². The number of nitrogens with one attached hydrogen (secondary N) is 1. The van der Waals surface area contributed by atoms with Gasteiger partial charge in [-0.15, -0.1) is 0 Å². The lowest BCUT2D eigenvalue weighted by atomic mass is 10.1. The second-order valence-corrected chi connectivity index (χ2v) is 8.48. The van der Waals surface area contributed by atoms with Gasteiger partial charge in [0.1, 0.15) is 6.54 Å². The Hall–Kier alpha value is -3.37. The highest BCUT2D eigenvalue weighted by Crippen LogP contribution is 2.39. The quantitative estimate of drug-likeness (QED) is 0.522. The SMILES string of the molecule is CCOc1cc(/C=C2/SC(=O)N(CC(=O)Nc3ccc4c(c3)OCO4)C2=O)cc(Cl)c1OCC. The van der Waals surface area contributed by atoms with E-state index >= 15 is 0 Å². The Morgan fingerprint density at radius 1 is 1.15 bits per heavy atom. The molecule has 178 valence electrons. The highest BCUT2D eigenvalue weighted by atomic mass is 35.5. The third-order valence-corrected chi connectivity index (χ3v) is 5.94. The largest absolute Gasteiger partial charge is 0.490 e. The summed E-state index contributed by atoms with van der Waals surface area (Å²) in [5.74, 6) is 0.842. The van der Waals surface area contributed by atoms with Crippen LogP contribution in [0.25, 0.3) is 6.08 Å². The minimum absolute atomic E-state index is 0.113. The van der Waals surface area contributed by atoms with Gasteiger partial charge >= 0.3 is 0 Å². The van der Waals surface area contributed by atoms with Crippen LogP contribution in [0.5, 0.6) is 23.0 Å². The lowest BCUT2D eigenvalue weighted by molar-refractivity contribution is -0.127. The first-order valence-electron chi connectivity index (χ1n) is 10.4. The Morgan fingerprint density at radius 2 is 1.91 bits per heavy atom. The number of imide groups is 1. The number of rotatable bonds is 8. The third kappa shape index (κ3) is 5.07. The standard InChI is InChI=1S/C23H21ClN2O7S/c1-3-30-18-8-13(7-15(24)21(18)31-4-2)9-19-22(28)26(23(29)34-19)11-20(27)25-14-5-6-16-17(10-14)33-12-32-16/h5-10H,3-4,11-12H2,1-2H3,(H,25,27)/b19-9+. The highest BCUT2D eigenvalue weighted by Gasteiger charge is 2.36. The number of carbonyl (C=O) groups excluding carboxylic acids is 3. The first kappa shape index (κ1) is 23.8. The van der Waals surface area contributed by atoms with Crippen molar-refractivity contribution in [2.45, 2.75) is 13.8 Å². The second-order valence-electron chi connectivity index (χ2n) is 7.08. The molecular weight excluding hydrogens is 484 g/mol. The van der Waals surface area contributed by atoms with Gasteiger partial charge in [-0.25, -0.2) is 0 Å². The van der Waals surface area contributed by atoms with Gasteiger partial charge in [0.15, 0.2) is 23.0 Å². The molecule has 34 heavy (non-hydrogen) atoms. The van der Waals surface area contributed by atoms with Crippen molar-refractivity contribution in [1.82, 2.24) is 4.90 Å². The van der Waals surface area contributed by atoms with Crippen molar-refractivity contribution in [2.75, 3.05) is 31.9 Å². The van der Waals surface area contributed by atoms with Crippen LogP contribution in [0.3, 0.4) is 0 Å². The smallest absolute Gasteiger partial charge is 0.294 e. The number of amides is 3. The van der Waals surface area contributed by atoms with Crippen LogP contribution in [0.4, 0.5) is 10.5 Å². The Kier molecular flexibility index (Phi) is 7.18. The van der Waals surface area contributed by atoms with Crippen LogP contribution < -0.4 is 24.3 Å². The normalized spacial score (nSPS) is 15.7. The first-order valence-corrected chi connectivity index (χ1v) is 11.6. The monoisotopic (exact) mass is 504 g/mol. The van der Waals surface area contributed by atoms with Gasteiger partial charge in [0.2, 0.25) is 12.7 Å². The Morgan fingerprint density at radius 3 is 2.68 bits per heavy atom. The van der Waals surface area contributed by atoms with E-state index in [0.717, 1.165) is 16.7 Å². The van der Waals surface area contributed by atoms with Crippen molar-refractivity contribution in [3.63, 3.8) is 0 Å². The van der Waals surface area contributed by atoms with Gasteiger partial charge in [-0.05, 0) is 61.5 Å². The van der Waals surface area contributed by atoms with Crippen molar-refractivity contribution >= 4 is 52.2 Å². The summed E-state index contributed by atoms with van der Waals surface area (Å²) in [6.45, 7) is 4.16. The predicted octanol–water partition coefficient (Wildman–Crippen LogP) is 4.54. The fraction of sp³-hybridized carbons (Fsp3) is 0.261. The molecule has 1 N–H and O–H groups in total. The molecule has 0 aliphatic carbocycles. The Bertz CT molecular complexity index is 1180. The molecule has 0 unspecified atom stereocenters. The van der Waals surface area contributed by atoms with Crippen LogP contribution in [0.1, 0.15) is 19.4 Å². The van der Waals surface area contributed by atoms with Gasteiger partial charge in [-0.1, -0.05) is 11.6 Å². The van der Waals surface area contributed by atoms with E-state index in [9.17, 15) is 14.4 Å². The maximum atomic E-state index is 12.8. The maximum absolute atomic E-state index is 12.8. The molecule has 2 aromatic carbocycles. The molecule has 0 spiro atoms.